The monoisotopic (exact) mass is 317 g/mol. The molecule has 116 valence electrons. The summed E-state index contributed by atoms with van der Waals surface area (Å²) in [6.45, 7) is 0. The van der Waals surface area contributed by atoms with Crippen molar-refractivity contribution in [2.45, 2.75) is 18.9 Å². The molecule has 2 atom stereocenters. The molecule has 0 aliphatic rings. The fourth-order valence-electron chi connectivity index (χ4n) is 1.53. The number of benzene rings is 1. The molecule has 0 radical (unpaired) electrons. The smallest absolute Gasteiger partial charge is 0.376 e. The van der Waals surface area contributed by atoms with E-state index in [1.165, 1.54) is 18.2 Å². The van der Waals surface area contributed by atoms with Gasteiger partial charge in [-0.15, -0.1) is 0 Å². The van der Waals surface area contributed by atoms with Crippen LogP contribution in [0.25, 0.3) is 0 Å². The molecule has 0 fully saturated rings. The third-order valence-electron chi connectivity index (χ3n) is 2.60. The van der Waals surface area contributed by atoms with E-state index in [9.17, 15) is 19.0 Å². The zero-order valence-electron chi connectivity index (χ0n) is 11.0. The first-order valence-electron chi connectivity index (χ1n) is 6.01. The Labute approximate surface area is 120 Å². The maximum Gasteiger partial charge on any atom is 0.376 e. The van der Waals surface area contributed by atoms with Gasteiger partial charge in [0.15, 0.2) is 0 Å². The minimum Gasteiger partial charge on any atom is -0.481 e. The minimum absolute atomic E-state index is 0.0189. The van der Waals surface area contributed by atoms with Crippen LogP contribution in [0, 0.1) is 0 Å². The van der Waals surface area contributed by atoms with E-state index in [1.807, 2.05) is 0 Å². The Balaban J connectivity index is 2.77. The first-order chi connectivity index (χ1) is 9.71. The van der Waals surface area contributed by atoms with Gasteiger partial charge in [0.05, 0.1) is 12.6 Å². The van der Waals surface area contributed by atoms with Crippen molar-refractivity contribution in [3.05, 3.63) is 29.8 Å². The predicted octanol–water partition coefficient (Wildman–Crippen LogP) is 0.680. The quantitative estimate of drug-likeness (QED) is 0.512. The molecule has 0 spiro atoms. The van der Waals surface area contributed by atoms with Crippen molar-refractivity contribution in [1.29, 1.82) is 0 Å². The normalized spacial score (nSPS) is 15.0. The Morgan fingerprint density at radius 3 is 2.48 bits per heavy atom. The summed E-state index contributed by atoms with van der Waals surface area (Å²) in [5.41, 5.74) is 5.50. The molecule has 1 aromatic carbocycles. The van der Waals surface area contributed by atoms with Gasteiger partial charge in [-0.2, -0.15) is 0 Å². The van der Waals surface area contributed by atoms with Crippen molar-refractivity contribution in [1.82, 2.24) is 0 Å². The Kier molecular flexibility index (Phi) is 5.90. The van der Waals surface area contributed by atoms with Crippen molar-refractivity contribution in [3.8, 4) is 5.75 Å². The van der Waals surface area contributed by atoms with E-state index in [0.29, 0.717) is 0 Å². The van der Waals surface area contributed by atoms with Crippen LogP contribution < -0.4 is 10.3 Å². The second kappa shape index (κ2) is 7.21. The number of aliphatic carboxylic acids is 2. The van der Waals surface area contributed by atoms with Gasteiger partial charge in [0.25, 0.3) is 0 Å². The lowest BCUT2D eigenvalue weighted by molar-refractivity contribution is -0.138. The summed E-state index contributed by atoms with van der Waals surface area (Å²) in [6, 6.07) is 4.69. The van der Waals surface area contributed by atoms with Crippen LogP contribution in [0.15, 0.2) is 24.3 Å². The molecule has 0 aliphatic heterocycles. The van der Waals surface area contributed by atoms with E-state index < -0.39 is 31.7 Å². The van der Waals surface area contributed by atoms with Gasteiger partial charge in [-0.25, -0.2) is 4.57 Å². The Morgan fingerprint density at radius 2 is 1.90 bits per heavy atom. The van der Waals surface area contributed by atoms with Gasteiger partial charge >= 0.3 is 19.5 Å². The highest BCUT2D eigenvalue weighted by Gasteiger charge is 2.25. The standard InChI is InChI=1S/C12H16NO7P/c13-9(12(16)17)5-6-21(18,19)20-10-4-2-1-3-8(10)7-11(14)15/h1-4,9H,5-7,13H2,(H,14,15)(H,16,17)(H,18,19). The van der Waals surface area contributed by atoms with Gasteiger partial charge in [-0.05, 0) is 12.5 Å². The molecule has 0 saturated carbocycles. The highest BCUT2D eigenvalue weighted by Crippen LogP contribution is 2.44. The van der Waals surface area contributed by atoms with E-state index in [2.05, 4.69) is 0 Å². The molecule has 1 rings (SSSR count). The zero-order valence-corrected chi connectivity index (χ0v) is 11.9. The number of hydrogen-bond donors (Lipinski definition) is 4. The minimum atomic E-state index is -4.11. The molecular formula is C12H16NO7P. The van der Waals surface area contributed by atoms with Crippen molar-refractivity contribution in [3.63, 3.8) is 0 Å². The van der Waals surface area contributed by atoms with Crippen LogP contribution in [-0.4, -0.2) is 39.2 Å². The van der Waals surface area contributed by atoms with Crippen molar-refractivity contribution in [2.24, 2.45) is 5.73 Å². The maximum atomic E-state index is 11.9. The summed E-state index contributed by atoms with van der Waals surface area (Å²) in [7, 11) is -4.11. The highest BCUT2D eigenvalue weighted by molar-refractivity contribution is 7.53. The number of carboxylic acid groups (broad SMARTS) is 2. The average Bonchev–Trinajstić information content (AvgIpc) is 2.37. The van der Waals surface area contributed by atoms with Gasteiger partial charge in [0.1, 0.15) is 11.8 Å². The summed E-state index contributed by atoms with van der Waals surface area (Å²) in [5, 5.41) is 17.4. The van der Waals surface area contributed by atoms with E-state index in [1.54, 1.807) is 6.07 Å². The summed E-state index contributed by atoms with van der Waals surface area (Å²) in [5.74, 6) is -2.40. The number of rotatable bonds is 8. The summed E-state index contributed by atoms with van der Waals surface area (Å²) in [4.78, 5) is 30.9. The van der Waals surface area contributed by atoms with Gasteiger partial charge < -0.3 is 25.4 Å². The average molecular weight is 317 g/mol. The Morgan fingerprint density at radius 1 is 1.29 bits per heavy atom. The number of carboxylic acids is 2. The van der Waals surface area contributed by atoms with Crippen LogP contribution in [0.1, 0.15) is 12.0 Å². The van der Waals surface area contributed by atoms with Crippen LogP contribution in [0.2, 0.25) is 0 Å². The van der Waals surface area contributed by atoms with Gasteiger partial charge in [0, 0.05) is 5.56 Å². The van der Waals surface area contributed by atoms with Gasteiger partial charge in [-0.3, -0.25) is 9.59 Å². The molecule has 8 nitrogen and oxygen atoms in total. The lowest BCUT2D eigenvalue weighted by Crippen LogP contribution is -2.31. The molecule has 21 heavy (non-hydrogen) atoms. The summed E-state index contributed by atoms with van der Waals surface area (Å²) in [6.07, 6.45) is -1.03. The molecule has 1 aromatic rings. The third kappa shape index (κ3) is 5.95. The van der Waals surface area contributed by atoms with Gasteiger partial charge in [-0.1, -0.05) is 18.2 Å². The zero-order chi connectivity index (χ0) is 16.0. The largest absolute Gasteiger partial charge is 0.481 e. The Hall–Kier alpha value is -1.89. The molecule has 9 heteroatoms. The number of nitrogens with two attached hydrogens (primary N) is 1. The first kappa shape index (κ1) is 17.2. The molecule has 5 N–H and O–H groups in total. The SMILES string of the molecule is NC(CCP(=O)(O)Oc1ccccc1CC(=O)O)C(=O)O. The van der Waals surface area contributed by atoms with Gasteiger partial charge in [0.2, 0.25) is 0 Å². The lowest BCUT2D eigenvalue weighted by atomic mass is 10.1. The maximum absolute atomic E-state index is 11.9. The third-order valence-corrected chi connectivity index (χ3v) is 3.90. The van der Waals surface area contributed by atoms with E-state index in [0.717, 1.165) is 0 Å². The molecule has 2 unspecified atom stereocenters. The van der Waals surface area contributed by atoms with Crippen molar-refractivity contribution in [2.75, 3.05) is 6.16 Å². The number of carbonyl (C=O) groups is 2. The second-order valence-corrected chi connectivity index (χ2v) is 6.27. The molecule has 0 heterocycles. The van der Waals surface area contributed by atoms with Crippen LogP contribution in [0.4, 0.5) is 0 Å². The highest BCUT2D eigenvalue weighted by atomic mass is 31.2. The van der Waals surface area contributed by atoms with E-state index in [-0.39, 0.29) is 24.2 Å². The summed E-state index contributed by atoms with van der Waals surface area (Å²) < 4.78 is 16.8. The lowest BCUT2D eigenvalue weighted by Gasteiger charge is -2.16. The van der Waals surface area contributed by atoms with Crippen LogP contribution in [-0.2, 0) is 20.6 Å². The fraction of sp³-hybridized carbons (Fsp3) is 0.333. The second-order valence-electron chi connectivity index (χ2n) is 4.36. The van der Waals surface area contributed by atoms with Crippen LogP contribution in [0.3, 0.4) is 0 Å². The van der Waals surface area contributed by atoms with Crippen LogP contribution >= 0.6 is 7.60 Å². The van der Waals surface area contributed by atoms with Crippen LogP contribution in [0.5, 0.6) is 5.75 Å². The topological polar surface area (TPSA) is 147 Å². The molecule has 0 aliphatic carbocycles. The van der Waals surface area contributed by atoms with E-state index in [4.69, 9.17) is 20.5 Å². The van der Waals surface area contributed by atoms with Crippen molar-refractivity contribution < 1.29 is 33.8 Å². The Bertz CT molecular complexity index is 574. The number of para-hydroxylation sites is 1. The molecular weight excluding hydrogens is 301 g/mol. The first-order valence-corrected chi connectivity index (χ1v) is 7.77. The summed E-state index contributed by atoms with van der Waals surface area (Å²) >= 11 is 0. The molecule has 0 aromatic heterocycles. The molecule has 0 amide bonds. The number of hydrogen-bond acceptors (Lipinski definition) is 5. The fourth-order valence-corrected chi connectivity index (χ4v) is 2.71. The molecule has 0 saturated heterocycles. The molecule has 0 bridgehead atoms. The predicted molar refractivity (Wildman–Crippen MR) is 73.3 cm³/mol. The van der Waals surface area contributed by atoms with E-state index >= 15 is 0 Å². The van der Waals surface area contributed by atoms with Crippen molar-refractivity contribution >= 4 is 19.5 Å².